The Morgan fingerprint density at radius 1 is 1.17 bits per heavy atom. The molecular formula is C17H14FNO3S. The summed E-state index contributed by atoms with van der Waals surface area (Å²) in [5.74, 6) is 1.60. The maximum absolute atomic E-state index is 14.1. The first kappa shape index (κ1) is 14.4. The van der Waals surface area contributed by atoms with Crippen LogP contribution in [0.4, 0.5) is 4.39 Å². The number of benzene rings is 2. The van der Waals surface area contributed by atoms with Crippen molar-refractivity contribution in [3.8, 4) is 11.5 Å². The molecular weight excluding hydrogens is 317 g/mol. The van der Waals surface area contributed by atoms with Gasteiger partial charge in [0.15, 0.2) is 11.5 Å². The van der Waals surface area contributed by atoms with Crippen molar-refractivity contribution in [3.05, 3.63) is 59.4 Å². The molecule has 1 saturated heterocycles. The molecule has 1 amide bonds. The molecule has 1 atom stereocenters. The predicted molar refractivity (Wildman–Crippen MR) is 85.2 cm³/mol. The molecule has 118 valence electrons. The summed E-state index contributed by atoms with van der Waals surface area (Å²) in [7, 11) is 0. The van der Waals surface area contributed by atoms with E-state index in [1.54, 1.807) is 53.1 Å². The maximum Gasteiger partial charge on any atom is 0.255 e. The Balaban J connectivity index is 1.64. The SMILES string of the molecule is O=C(c1ccc2c(c1)OCO2)N1CCSC1c1ccccc1F. The first-order chi connectivity index (χ1) is 11.2. The molecule has 4 nitrogen and oxygen atoms in total. The van der Waals surface area contributed by atoms with Crippen LogP contribution in [0.3, 0.4) is 0 Å². The molecule has 1 fully saturated rings. The van der Waals surface area contributed by atoms with Gasteiger partial charge in [-0.25, -0.2) is 4.39 Å². The quantitative estimate of drug-likeness (QED) is 0.845. The summed E-state index contributed by atoms with van der Waals surface area (Å²) in [4.78, 5) is 14.5. The number of ether oxygens (including phenoxy) is 2. The van der Waals surface area contributed by atoms with Crippen LogP contribution in [0.1, 0.15) is 21.3 Å². The molecule has 23 heavy (non-hydrogen) atoms. The fourth-order valence-electron chi connectivity index (χ4n) is 2.81. The van der Waals surface area contributed by atoms with Crippen molar-refractivity contribution in [1.29, 1.82) is 0 Å². The minimum absolute atomic E-state index is 0.124. The van der Waals surface area contributed by atoms with Gasteiger partial charge in [0.1, 0.15) is 11.2 Å². The van der Waals surface area contributed by atoms with Gasteiger partial charge in [0.2, 0.25) is 6.79 Å². The highest BCUT2D eigenvalue weighted by atomic mass is 32.2. The molecule has 0 saturated carbocycles. The van der Waals surface area contributed by atoms with E-state index >= 15 is 0 Å². The van der Waals surface area contributed by atoms with E-state index in [4.69, 9.17) is 9.47 Å². The van der Waals surface area contributed by atoms with Gasteiger partial charge in [-0.2, -0.15) is 0 Å². The van der Waals surface area contributed by atoms with Crippen LogP contribution in [0.25, 0.3) is 0 Å². The minimum atomic E-state index is -0.297. The summed E-state index contributed by atoms with van der Waals surface area (Å²) in [6.45, 7) is 0.765. The fourth-order valence-corrected chi connectivity index (χ4v) is 4.08. The van der Waals surface area contributed by atoms with Gasteiger partial charge in [-0.05, 0) is 24.3 Å². The van der Waals surface area contributed by atoms with Gasteiger partial charge in [-0.15, -0.1) is 11.8 Å². The van der Waals surface area contributed by atoms with Gasteiger partial charge in [-0.1, -0.05) is 18.2 Å². The smallest absolute Gasteiger partial charge is 0.255 e. The Bertz CT molecular complexity index is 767. The van der Waals surface area contributed by atoms with E-state index < -0.39 is 0 Å². The van der Waals surface area contributed by atoms with Crippen molar-refractivity contribution in [2.24, 2.45) is 0 Å². The minimum Gasteiger partial charge on any atom is -0.454 e. The van der Waals surface area contributed by atoms with Crippen LogP contribution in [-0.4, -0.2) is 29.9 Å². The van der Waals surface area contributed by atoms with Gasteiger partial charge < -0.3 is 14.4 Å². The third-order valence-corrected chi connectivity index (χ3v) is 5.19. The zero-order valence-corrected chi connectivity index (χ0v) is 13.0. The van der Waals surface area contributed by atoms with Gasteiger partial charge >= 0.3 is 0 Å². The summed E-state index contributed by atoms with van der Waals surface area (Å²) in [6.07, 6.45) is 0. The molecule has 0 radical (unpaired) electrons. The first-order valence-electron chi connectivity index (χ1n) is 7.31. The lowest BCUT2D eigenvalue weighted by Gasteiger charge is -2.24. The van der Waals surface area contributed by atoms with Gasteiger partial charge in [0.05, 0.1) is 0 Å². The maximum atomic E-state index is 14.1. The van der Waals surface area contributed by atoms with Crippen LogP contribution in [0, 0.1) is 5.82 Å². The highest BCUT2D eigenvalue weighted by Gasteiger charge is 2.33. The number of nitrogens with zero attached hydrogens (tertiary/aromatic N) is 1. The molecule has 4 rings (SSSR count). The second kappa shape index (κ2) is 5.77. The van der Waals surface area contributed by atoms with E-state index in [1.165, 1.54) is 6.07 Å². The third kappa shape index (κ3) is 2.53. The van der Waals surface area contributed by atoms with Gasteiger partial charge in [0, 0.05) is 23.4 Å². The lowest BCUT2D eigenvalue weighted by molar-refractivity contribution is 0.0758. The molecule has 0 N–H and O–H groups in total. The monoisotopic (exact) mass is 331 g/mol. The highest BCUT2D eigenvalue weighted by molar-refractivity contribution is 7.99. The molecule has 2 aromatic rings. The van der Waals surface area contributed by atoms with Crippen molar-refractivity contribution in [2.45, 2.75) is 5.37 Å². The van der Waals surface area contributed by atoms with Gasteiger partial charge in [0.25, 0.3) is 5.91 Å². The van der Waals surface area contributed by atoms with E-state index in [0.29, 0.717) is 29.2 Å². The number of fused-ring (bicyclic) bond motifs is 1. The van der Waals surface area contributed by atoms with E-state index in [1.807, 2.05) is 0 Å². The second-order valence-electron chi connectivity index (χ2n) is 5.31. The Kier molecular flexibility index (Phi) is 3.61. The summed E-state index contributed by atoms with van der Waals surface area (Å²) in [5, 5.41) is -0.297. The first-order valence-corrected chi connectivity index (χ1v) is 8.35. The standard InChI is InChI=1S/C17H14FNO3S/c18-13-4-2-1-3-12(13)17-19(7-8-23-17)16(20)11-5-6-14-15(9-11)22-10-21-14/h1-6,9,17H,7-8,10H2. The van der Waals surface area contributed by atoms with Crippen molar-refractivity contribution in [1.82, 2.24) is 4.90 Å². The number of hydrogen-bond donors (Lipinski definition) is 0. The van der Waals surface area contributed by atoms with Crippen LogP contribution in [-0.2, 0) is 0 Å². The normalized spacial score (nSPS) is 19.2. The van der Waals surface area contributed by atoms with Crippen LogP contribution in [0.2, 0.25) is 0 Å². The average Bonchev–Trinajstić information content (AvgIpc) is 3.23. The van der Waals surface area contributed by atoms with E-state index in [0.717, 1.165) is 5.75 Å². The van der Waals surface area contributed by atoms with Crippen LogP contribution in [0.5, 0.6) is 11.5 Å². The number of thioether (sulfide) groups is 1. The van der Waals surface area contributed by atoms with Crippen LogP contribution in [0.15, 0.2) is 42.5 Å². The van der Waals surface area contributed by atoms with Crippen molar-refractivity contribution in [2.75, 3.05) is 19.1 Å². The van der Waals surface area contributed by atoms with Crippen molar-refractivity contribution < 1.29 is 18.7 Å². The number of hydrogen-bond acceptors (Lipinski definition) is 4. The zero-order chi connectivity index (χ0) is 15.8. The number of carbonyl (C=O) groups excluding carboxylic acids is 1. The van der Waals surface area contributed by atoms with Gasteiger partial charge in [-0.3, -0.25) is 4.79 Å². The molecule has 1 unspecified atom stereocenters. The lowest BCUT2D eigenvalue weighted by Crippen LogP contribution is -2.30. The lowest BCUT2D eigenvalue weighted by atomic mass is 10.1. The Hall–Kier alpha value is -2.21. The molecule has 0 aromatic heterocycles. The topological polar surface area (TPSA) is 38.8 Å². The number of amides is 1. The Morgan fingerprint density at radius 3 is 2.87 bits per heavy atom. The number of rotatable bonds is 2. The molecule has 2 aliphatic heterocycles. The Labute approximate surface area is 137 Å². The summed E-state index contributed by atoms with van der Waals surface area (Å²) in [5.41, 5.74) is 1.07. The Morgan fingerprint density at radius 2 is 2.00 bits per heavy atom. The van der Waals surface area contributed by atoms with Crippen molar-refractivity contribution in [3.63, 3.8) is 0 Å². The molecule has 2 aromatic carbocycles. The van der Waals surface area contributed by atoms with E-state index in [-0.39, 0.29) is 23.9 Å². The molecule has 2 heterocycles. The fraction of sp³-hybridized carbons (Fsp3) is 0.235. The molecule has 6 heteroatoms. The average molecular weight is 331 g/mol. The molecule has 2 aliphatic rings. The van der Waals surface area contributed by atoms with E-state index in [2.05, 4.69) is 0 Å². The van der Waals surface area contributed by atoms with Crippen molar-refractivity contribution >= 4 is 17.7 Å². The van der Waals surface area contributed by atoms with Crippen LogP contribution < -0.4 is 9.47 Å². The third-order valence-electron chi connectivity index (χ3n) is 3.94. The number of carbonyl (C=O) groups is 1. The molecule has 0 spiro atoms. The number of halogens is 1. The zero-order valence-electron chi connectivity index (χ0n) is 12.2. The molecule has 0 aliphatic carbocycles. The molecule has 0 bridgehead atoms. The summed E-state index contributed by atoms with van der Waals surface area (Å²) < 4.78 is 24.7. The van der Waals surface area contributed by atoms with Crippen LogP contribution >= 0.6 is 11.8 Å². The summed E-state index contributed by atoms with van der Waals surface area (Å²) >= 11 is 1.58. The van der Waals surface area contributed by atoms with E-state index in [9.17, 15) is 9.18 Å². The second-order valence-corrected chi connectivity index (χ2v) is 6.50. The predicted octanol–water partition coefficient (Wildman–Crippen LogP) is 3.44. The largest absolute Gasteiger partial charge is 0.454 e. The highest BCUT2D eigenvalue weighted by Crippen LogP contribution is 2.40. The summed E-state index contributed by atoms with van der Waals surface area (Å²) in [6, 6.07) is 11.7.